The van der Waals surface area contributed by atoms with Gasteiger partial charge in [0.2, 0.25) is 0 Å². The Hall–Kier alpha value is -0.940. The molecule has 0 saturated heterocycles. The Kier molecular flexibility index (Phi) is 2.16. The lowest BCUT2D eigenvalue weighted by Crippen LogP contribution is -2.13. The molecule has 1 rings (SSSR count). The van der Waals surface area contributed by atoms with Gasteiger partial charge in [0.25, 0.3) is 5.91 Å². The van der Waals surface area contributed by atoms with Gasteiger partial charge in [-0.05, 0) is 13.8 Å². The van der Waals surface area contributed by atoms with Crippen molar-refractivity contribution < 1.29 is 9.90 Å². The smallest absolute Gasteiger partial charge is 0.277 e. The summed E-state index contributed by atoms with van der Waals surface area (Å²) in [6, 6.07) is 0. The van der Waals surface area contributed by atoms with Crippen LogP contribution in [0.3, 0.4) is 0 Å². The molecular weight excluding hydrogens is 176 g/mol. The van der Waals surface area contributed by atoms with Crippen LogP contribution < -0.4 is 5.73 Å². The van der Waals surface area contributed by atoms with Gasteiger partial charge in [-0.2, -0.15) is 0 Å². The summed E-state index contributed by atoms with van der Waals surface area (Å²) < 4.78 is 0. The third kappa shape index (κ3) is 1.80. The van der Waals surface area contributed by atoms with Gasteiger partial charge in [0.15, 0.2) is 5.01 Å². The quantitative estimate of drug-likeness (QED) is 0.704. The van der Waals surface area contributed by atoms with E-state index >= 15 is 0 Å². The first-order valence-corrected chi connectivity index (χ1v) is 4.21. The van der Waals surface area contributed by atoms with E-state index in [0.717, 1.165) is 11.3 Å². The van der Waals surface area contributed by atoms with Crippen molar-refractivity contribution in [2.75, 3.05) is 0 Å². The lowest BCUT2D eigenvalue weighted by molar-refractivity contribution is 0.0823. The molecule has 66 valence electrons. The second-order valence-corrected chi connectivity index (χ2v) is 3.98. The number of primary amides is 1. The molecular formula is C7H10N2O2S. The minimum atomic E-state index is -0.953. The van der Waals surface area contributed by atoms with Gasteiger partial charge in [-0.3, -0.25) is 4.79 Å². The Labute approximate surface area is 74.0 Å². The molecule has 5 heteroatoms. The van der Waals surface area contributed by atoms with Crippen LogP contribution in [0.4, 0.5) is 0 Å². The largest absolute Gasteiger partial charge is 0.385 e. The van der Waals surface area contributed by atoms with E-state index in [1.165, 1.54) is 6.20 Å². The van der Waals surface area contributed by atoms with Gasteiger partial charge in [0.1, 0.15) is 0 Å². The van der Waals surface area contributed by atoms with Gasteiger partial charge in [-0.15, -0.1) is 11.3 Å². The summed E-state index contributed by atoms with van der Waals surface area (Å²) in [6.45, 7) is 3.26. The average molecular weight is 186 g/mol. The highest BCUT2D eigenvalue weighted by molar-refractivity contribution is 7.13. The number of rotatable bonds is 2. The third-order valence-electron chi connectivity index (χ3n) is 1.32. The monoisotopic (exact) mass is 186 g/mol. The highest BCUT2D eigenvalue weighted by Crippen LogP contribution is 2.25. The van der Waals surface area contributed by atoms with Crippen LogP contribution in [0, 0.1) is 0 Å². The third-order valence-corrected chi connectivity index (χ3v) is 2.64. The molecule has 0 radical (unpaired) electrons. The van der Waals surface area contributed by atoms with Crippen molar-refractivity contribution in [3.8, 4) is 0 Å². The first-order chi connectivity index (χ1) is 5.41. The molecule has 1 heterocycles. The van der Waals surface area contributed by atoms with Crippen molar-refractivity contribution in [3.63, 3.8) is 0 Å². The van der Waals surface area contributed by atoms with E-state index in [-0.39, 0.29) is 5.01 Å². The minimum absolute atomic E-state index is 0.229. The zero-order valence-electron chi connectivity index (χ0n) is 6.87. The van der Waals surface area contributed by atoms with Crippen molar-refractivity contribution >= 4 is 17.2 Å². The summed E-state index contributed by atoms with van der Waals surface area (Å²) in [5, 5.41) is 9.73. The summed E-state index contributed by atoms with van der Waals surface area (Å²) in [7, 11) is 0. The number of thiazole rings is 1. The fourth-order valence-electron chi connectivity index (χ4n) is 0.671. The maximum atomic E-state index is 10.6. The van der Waals surface area contributed by atoms with Crippen LogP contribution in [0.25, 0.3) is 0 Å². The number of amides is 1. The molecule has 0 atom stereocenters. The van der Waals surface area contributed by atoms with Gasteiger partial charge >= 0.3 is 0 Å². The van der Waals surface area contributed by atoms with E-state index in [2.05, 4.69) is 4.98 Å². The van der Waals surface area contributed by atoms with E-state index in [0.29, 0.717) is 4.88 Å². The van der Waals surface area contributed by atoms with Crippen LogP contribution in [0.5, 0.6) is 0 Å². The molecule has 3 N–H and O–H groups in total. The van der Waals surface area contributed by atoms with Crippen molar-refractivity contribution in [2.45, 2.75) is 19.4 Å². The van der Waals surface area contributed by atoms with Crippen LogP contribution in [-0.2, 0) is 5.60 Å². The zero-order chi connectivity index (χ0) is 9.35. The summed E-state index contributed by atoms with van der Waals surface area (Å²) >= 11 is 1.11. The van der Waals surface area contributed by atoms with Crippen molar-refractivity contribution in [3.05, 3.63) is 16.1 Å². The summed E-state index contributed by atoms with van der Waals surface area (Å²) in [4.78, 5) is 15.0. The van der Waals surface area contributed by atoms with Gasteiger partial charge in [0.05, 0.1) is 10.5 Å². The topological polar surface area (TPSA) is 76.2 Å². The van der Waals surface area contributed by atoms with Gasteiger partial charge in [-0.1, -0.05) is 0 Å². The molecule has 4 nitrogen and oxygen atoms in total. The van der Waals surface area contributed by atoms with Crippen molar-refractivity contribution in [2.24, 2.45) is 5.73 Å². The Bertz CT molecular complexity index is 301. The number of hydrogen-bond donors (Lipinski definition) is 2. The predicted molar refractivity (Wildman–Crippen MR) is 45.9 cm³/mol. The Morgan fingerprint density at radius 1 is 1.75 bits per heavy atom. The molecule has 0 aliphatic rings. The molecule has 0 aliphatic carbocycles. The molecule has 0 aliphatic heterocycles. The van der Waals surface area contributed by atoms with E-state index in [1.54, 1.807) is 13.8 Å². The zero-order valence-corrected chi connectivity index (χ0v) is 7.68. The Morgan fingerprint density at radius 2 is 2.33 bits per heavy atom. The molecule has 0 aromatic carbocycles. The first-order valence-electron chi connectivity index (χ1n) is 3.40. The van der Waals surface area contributed by atoms with Gasteiger partial charge in [-0.25, -0.2) is 4.98 Å². The fourth-order valence-corrected chi connectivity index (χ4v) is 1.44. The average Bonchev–Trinajstić information content (AvgIpc) is 2.30. The number of hydrogen-bond acceptors (Lipinski definition) is 4. The number of nitrogens with two attached hydrogens (primary N) is 1. The van der Waals surface area contributed by atoms with E-state index in [4.69, 9.17) is 5.73 Å². The molecule has 0 bridgehead atoms. The van der Waals surface area contributed by atoms with Crippen LogP contribution in [0.2, 0.25) is 0 Å². The Morgan fingerprint density at radius 3 is 2.58 bits per heavy atom. The molecule has 1 aromatic rings. The molecule has 0 unspecified atom stereocenters. The molecule has 0 fully saturated rings. The first kappa shape index (κ1) is 9.15. The Balaban J connectivity index is 3.00. The summed E-state index contributed by atoms with van der Waals surface area (Å²) in [6.07, 6.45) is 1.46. The molecule has 12 heavy (non-hydrogen) atoms. The van der Waals surface area contributed by atoms with Gasteiger partial charge < -0.3 is 10.8 Å². The van der Waals surface area contributed by atoms with Crippen LogP contribution in [-0.4, -0.2) is 16.0 Å². The number of aromatic nitrogens is 1. The predicted octanol–water partition coefficient (Wildman–Crippen LogP) is 0.469. The van der Waals surface area contributed by atoms with E-state index in [9.17, 15) is 9.90 Å². The molecule has 1 amide bonds. The highest BCUT2D eigenvalue weighted by atomic mass is 32.1. The van der Waals surface area contributed by atoms with Crippen LogP contribution in [0.1, 0.15) is 28.5 Å². The SMILES string of the molecule is CC(C)(O)c1cnc(C(N)=O)s1. The fraction of sp³-hybridized carbons (Fsp3) is 0.429. The summed E-state index contributed by atoms with van der Waals surface area (Å²) in [5.74, 6) is -0.560. The van der Waals surface area contributed by atoms with Crippen LogP contribution >= 0.6 is 11.3 Å². The number of nitrogens with zero attached hydrogens (tertiary/aromatic N) is 1. The lowest BCUT2D eigenvalue weighted by atomic mass is 10.1. The maximum absolute atomic E-state index is 10.6. The van der Waals surface area contributed by atoms with Gasteiger partial charge in [0, 0.05) is 6.20 Å². The van der Waals surface area contributed by atoms with Crippen LogP contribution in [0.15, 0.2) is 6.20 Å². The van der Waals surface area contributed by atoms with Crippen molar-refractivity contribution in [1.29, 1.82) is 0 Å². The minimum Gasteiger partial charge on any atom is -0.385 e. The highest BCUT2D eigenvalue weighted by Gasteiger charge is 2.20. The molecule has 0 saturated carbocycles. The molecule has 1 aromatic heterocycles. The van der Waals surface area contributed by atoms with E-state index < -0.39 is 11.5 Å². The molecule has 0 spiro atoms. The second-order valence-electron chi connectivity index (χ2n) is 2.95. The maximum Gasteiger partial charge on any atom is 0.277 e. The number of carbonyl (C=O) groups is 1. The second kappa shape index (κ2) is 2.84. The normalized spacial score (nSPS) is 11.6. The number of carbonyl (C=O) groups excluding carboxylic acids is 1. The number of aliphatic hydroxyl groups is 1. The lowest BCUT2D eigenvalue weighted by Gasteiger charge is -2.12. The summed E-state index contributed by atoms with van der Waals surface area (Å²) in [5.41, 5.74) is 4.04. The standard InChI is InChI=1S/C7H10N2O2S/c1-7(2,11)4-3-9-6(12-4)5(8)10/h3,11H,1-2H3,(H2,8,10). The van der Waals surface area contributed by atoms with Crippen molar-refractivity contribution in [1.82, 2.24) is 4.98 Å². The van der Waals surface area contributed by atoms with E-state index in [1.807, 2.05) is 0 Å².